The summed E-state index contributed by atoms with van der Waals surface area (Å²) in [6.45, 7) is 4.49. The molecule has 0 spiro atoms. The van der Waals surface area contributed by atoms with Gasteiger partial charge in [0, 0.05) is 0 Å². The van der Waals surface area contributed by atoms with E-state index in [1.807, 2.05) is 0 Å². The Morgan fingerprint density at radius 1 is 1.44 bits per heavy atom. The van der Waals surface area contributed by atoms with Crippen molar-refractivity contribution in [1.82, 2.24) is 5.32 Å². The van der Waals surface area contributed by atoms with Crippen LogP contribution in [0.5, 0.6) is 0 Å². The summed E-state index contributed by atoms with van der Waals surface area (Å²) in [7, 11) is 0. The number of alkyl halides is 3. The minimum absolute atomic E-state index is 0.0511. The minimum atomic E-state index is -4.54. The third kappa shape index (κ3) is 4.15. The highest BCUT2D eigenvalue weighted by Gasteiger charge is 2.38. The first kappa shape index (κ1) is 14.8. The van der Waals surface area contributed by atoms with Crippen LogP contribution in [0.25, 0.3) is 0 Å². The predicted octanol–water partition coefficient (Wildman–Crippen LogP) is 3.47. The van der Waals surface area contributed by atoms with Gasteiger partial charge in [0.15, 0.2) is 0 Å². The van der Waals surface area contributed by atoms with Crippen LogP contribution in [0.15, 0.2) is 22.4 Å². The fraction of sp³-hybridized carbons (Fsp3) is 0.500. The van der Waals surface area contributed by atoms with Gasteiger partial charge in [-0.25, -0.2) is 0 Å². The van der Waals surface area contributed by atoms with Gasteiger partial charge in [0.25, 0.3) is 0 Å². The van der Waals surface area contributed by atoms with Crippen LogP contribution in [0.1, 0.15) is 20.8 Å². The van der Waals surface area contributed by atoms with Gasteiger partial charge in [0.1, 0.15) is 11.2 Å². The van der Waals surface area contributed by atoms with Crippen molar-refractivity contribution >= 4 is 11.6 Å². The molecule has 0 aliphatic carbocycles. The largest absolute Gasteiger partial charge is 0.415 e. The fourth-order valence-electron chi connectivity index (χ4n) is 0.945. The minimum Gasteiger partial charge on any atom is -0.357 e. The molecule has 2 nitrogen and oxygen atoms in total. The molecule has 0 fully saturated rings. The van der Waals surface area contributed by atoms with E-state index in [0.717, 1.165) is 6.08 Å². The number of hydrogen-bond acceptors (Lipinski definition) is 2. The summed E-state index contributed by atoms with van der Waals surface area (Å²) >= 11 is 5.66. The second kappa shape index (κ2) is 5.80. The average molecular weight is 253 g/mol. The Labute approximate surface area is 97.4 Å². The predicted molar refractivity (Wildman–Crippen MR) is 56.6 cm³/mol. The molecule has 90 valence electrons. The molecule has 0 aromatic rings. The van der Waals surface area contributed by atoms with Crippen molar-refractivity contribution in [3.8, 4) is 6.07 Å². The molecule has 16 heavy (non-hydrogen) atoms. The van der Waals surface area contributed by atoms with E-state index in [1.165, 1.54) is 13.0 Å². The second-order valence-corrected chi connectivity index (χ2v) is 3.64. The Bertz CT molecular complexity index is 346. The number of nitriles is 1. The maximum Gasteiger partial charge on any atom is 0.415 e. The number of nitrogens with one attached hydrogen (secondary N) is 1. The van der Waals surface area contributed by atoms with Gasteiger partial charge >= 0.3 is 6.18 Å². The summed E-state index contributed by atoms with van der Waals surface area (Å²) in [4.78, 5) is 0. The Morgan fingerprint density at radius 3 is 2.19 bits per heavy atom. The van der Waals surface area contributed by atoms with E-state index < -0.39 is 17.8 Å². The molecular weight excluding hydrogens is 241 g/mol. The van der Waals surface area contributed by atoms with Gasteiger partial charge in [-0.2, -0.15) is 18.4 Å². The van der Waals surface area contributed by atoms with Crippen molar-refractivity contribution in [3.05, 3.63) is 22.4 Å². The van der Waals surface area contributed by atoms with Crippen molar-refractivity contribution in [2.45, 2.75) is 33.0 Å². The average Bonchev–Trinajstić information content (AvgIpc) is 2.14. The van der Waals surface area contributed by atoms with Gasteiger partial charge in [-0.15, -0.1) is 0 Å². The number of nitrogens with zero attached hydrogens (tertiary/aromatic N) is 1. The molecule has 0 aliphatic rings. The molecule has 1 unspecified atom stereocenters. The quantitative estimate of drug-likeness (QED) is 0.617. The van der Waals surface area contributed by atoms with Gasteiger partial charge < -0.3 is 5.32 Å². The van der Waals surface area contributed by atoms with Crippen molar-refractivity contribution in [2.24, 2.45) is 0 Å². The van der Waals surface area contributed by atoms with Gasteiger partial charge in [-0.05, 0) is 26.3 Å². The third-order valence-corrected chi connectivity index (χ3v) is 2.28. The Balaban J connectivity index is 5.04. The van der Waals surface area contributed by atoms with E-state index in [1.54, 1.807) is 13.8 Å². The van der Waals surface area contributed by atoms with E-state index in [9.17, 15) is 13.2 Å². The maximum atomic E-state index is 12.5. The number of halogens is 4. The van der Waals surface area contributed by atoms with E-state index in [0.29, 0.717) is 5.57 Å². The zero-order chi connectivity index (χ0) is 12.9. The first-order chi connectivity index (χ1) is 7.23. The Morgan fingerprint density at radius 2 is 1.94 bits per heavy atom. The van der Waals surface area contributed by atoms with Crippen LogP contribution in [0.3, 0.4) is 0 Å². The summed E-state index contributed by atoms with van der Waals surface area (Å²) in [5.41, 5.74) is -0.339. The van der Waals surface area contributed by atoms with Crippen molar-refractivity contribution in [2.75, 3.05) is 0 Å². The molecule has 0 aromatic heterocycles. The summed E-state index contributed by atoms with van der Waals surface area (Å²) in [6.07, 6.45) is -3.68. The number of rotatable bonds is 3. The lowest BCUT2D eigenvalue weighted by Crippen LogP contribution is -2.34. The Kier molecular flexibility index (Phi) is 5.39. The van der Waals surface area contributed by atoms with Gasteiger partial charge in [0.2, 0.25) is 0 Å². The normalized spacial score (nSPS) is 14.0. The van der Waals surface area contributed by atoms with Crippen molar-refractivity contribution < 1.29 is 13.2 Å². The van der Waals surface area contributed by atoms with Crippen molar-refractivity contribution in [1.29, 1.82) is 5.26 Å². The van der Waals surface area contributed by atoms with Crippen molar-refractivity contribution in [3.63, 3.8) is 0 Å². The standard InChI is InChI=1S/C10H12ClF3N2/c1-4-7(10(12,13)14)8(5-15)16-9(11)6(2)3/h4,8,16H,1-3H3/b7-4+. The van der Waals surface area contributed by atoms with Crippen LogP contribution < -0.4 is 5.32 Å². The highest BCUT2D eigenvalue weighted by Crippen LogP contribution is 2.28. The second-order valence-electron chi connectivity index (χ2n) is 3.26. The van der Waals surface area contributed by atoms with Crippen LogP contribution in [0.2, 0.25) is 0 Å². The molecule has 1 N–H and O–H groups in total. The van der Waals surface area contributed by atoms with E-state index in [4.69, 9.17) is 16.9 Å². The molecule has 0 saturated carbocycles. The lowest BCUT2D eigenvalue weighted by atomic mass is 10.1. The third-order valence-electron chi connectivity index (χ3n) is 1.79. The van der Waals surface area contributed by atoms with E-state index in [2.05, 4.69) is 5.32 Å². The number of hydrogen-bond donors (Lipinski definition) is 1. The van der Waals surface area contributed by atoms with Crippen LogP contribution in [0.4, 0.5) is 13.2 Å². The first-order valence-electron chi connectivity index (χ1n) is 4.46. The fourth-order valence-corrected chi connectivity index (χ4v) is 1.05. The highest BCUT2D eigenvalue weighted by molar-refractivity contribution is 6.29. The van der Waals surface area contributed by atoms with E-state index >= 15 is 0 Å². The molecule has 0 rings (SSSR count). The maximum absolute atomic E-state index is 12.5. The smallest absolute Gasteiger partial charge is 0.357 e. The molecule has 1 atom stereocenters. The summed E-state index contributed by atoms with van der Waals surface area (Å²) in [6, 6.07) is 0.0342. The summed E-state index contributed by atoms with van der Waals surface area (Å²) in [5.74, 6) is 0. The molecule has 0 amide bonds. The SMILES string of the molecule is C/C=C(\C(C#N)NC(Cl)=C(C)C)C(F)(F)F. The number of allylic oxidation sites excluding steroid dienone is 2. The molecule has 0 aromatic carbocycles. The molecule has 0 heterocycles. The van der Waals surface area contributed by atoms with Crippen LogP contribution in [-0.4, -0.2) is 12.2 Å². The van der Waals surface area contributed by atoms with E-state index in [-0.39, 0.29) is 5.16 Å². The highest BCUT2D eigenvalue weighted by atomic mass is 35.5. The lowest BCUT2D eigenvalue weighted by Gasteiger charge is -2.18. The molecule has 6 heteroatoms. The zero-order valence-corrected chi connectivity index (χ0v) is 9.87. The molecular formula is C10H12ClF3N2. The zero-order valence-electron chi connectivity index (χ0n) is 9.11. The molecule has 0 radical (unpaired) electrons. The lowest BCUT2D eigenvalue weighted by molar-refractivity contribution is -0.0948. The van der Waals surface area contributed by atoms with Gasteiger partial charge in [0.05, 0.1) is 11.6 Å². The summed E-state index contributed by atoms with van der Waals surface area (Å²) in [5, 5.41) is 11.1. The topological polar surface area (TPSA) is 35.8 Å². The van der Waals surface area contributed by atoms with Gasteiger partial charge in [-0.3, -0.25) is 0 Å². The molecule has 0 saturated heterocycles. The van der Waals surface area contributed by atoms with Crippen LogP contribution >= 0.6 is 11.6 Å². The van der Waals surface area contributed by atoms with Crippen LogP contribution in [0, 0.1) is 11.3 Å². The van der Waals surface area contributed by atoms with Gasteiger partial charge in [-0.1, -0.05) is 17.7 Å². The molecule has 0 aliphatic heterocycles. The van der Waals surface area contributed by atoms with Crippen LogP contribution in [-0.2, 0) is 0 Å². The first-order valence-corrected chi connectivity index (χ1v) is 4.84. The summed E-state index contributed by atoms with van der Waals surface area (Å²) < 4.78 is 37.5. The monoisotopic (exact) mass is 252 g/mol. The molecule has 0 bridgehead atoms. The Hall–Kier alpha value is -1.15.